The molecule has 0 heterocycles. The van der Waals surface area contributed by atoms with Crippen LogP contribution in [0.25, 0.3) is 0 Å². The van der Waals surface area contributed by atoms with Crippen molar-refractivity contribution in [1.29, 1.82) is 0 Å². The summed E-state index contributed by atoms with van der Waals surface area (Å²) in [4.78, 5) is 34.8. The number of nitrogen functional groups attached to an aromatic ring is 1. The summed E-state index contributed by atoms with van der Waals surface area (Å²) in [5.74, 6) is -1.33. The molecule has 0 fully saturated rings. The molecule has 152 valence electrons. The standard InChI is InChI=1S/C21H17FN4O4/c22-16-7-4-14(5-8-16)21(28)25-17-3-1-2-13(10-17)12-24-20(27)15-6-9-18(23)19(11-15)26(29)30/h1-11H,12,23H2,(H,24,27)(H,25,28). The minimum atomic E-state index is -0.653. The Morgan fingerprint density at radius 1 is 0.967 bits per heavy atom. The molecule has 9 heteroatoms. The van der Waals surface area contributed by atoms with Crippen molar-refractivity contribution in [3.63, 3.8) is 0 Å². The Labute approximate surface area is 170 Å². The van der Waals surface area contributed by atoms with Crippen molar-refractivity contribution in [2.45, 2.75) is 6.54 Å². The van der Waals surface area contributed by atoms with Crippen LogP contribution in [0.2, 0.25) is 0 Å². The Kier molecular flexibility index (Phi) is 6.02. The second-order valence-electron chi connectivity index (χ2n) is 6.37. The van der Waals surface area contributed by atoms with Gasteiger partial charge in [0.1, 0.15) is 11.5 Å². The lowest BCUT2D eigenvalue weighted by atomic mass is 10.1. The molecule has 0 saturated carbocycles. The molecule has 0 aliphatic heterocycles. The highest BCUT2D eigenvalue weighted by molar-refractivity contribution is 6.04. The molecule has 0 aromatic heterocycles. The van der Waals surface area contributed by atoms with Crippen molar-refractivity contribution in [1.82, 2.24) is 5.32 Å². The first-order valence-corrected chi connectivity index (χ1v) is 8.81. The van der Waals surface area contributed by atoms with Gasteiger partial charge in [0.25, 0.3) is 17.5 Å². The summed E-state index contributed by atoms with van der Waals surface area (Å²) in [6, 6.07) is 15.8. The number of nitro benzene ring substituents is 1. The molecule has 0 aliphatic rings. The minimum Gasteiger partial charge on any atom is -0.393 e. The van der Waals surface area contributed by atoms with E-state index in [4.69, 9.17) is 5.73 Å². The van der Waals surface area contributed by atoms with E-state index in [0.717, 1.165) is 6.07 Å². The molecule has 0 saturated heterocycles. The molecule has 0 bridgehead atoms. The molecule has 0 aliphatic carbocycles. The summed E-state index contributed by atoms with van der Waals surface area (Å²) < 4.78 is 13.0. The summed E-state index contributed by atoms with van der Waals surface area (Å²) in [7, 11) is 0. The van der Waals surface area contributed by atoms with Gasteiger partial charge in [0.15, 0.2) is 0 Å². The average molecular weight is 408 g/mol. The van der Waals surface area contributed by atoms with Gasteiger partial charge in [0.2, 0.25) is 0 Å². The molecule has 0 unspecified atom stereocenters. The lowest BCUT2D eigenvalue weighted by Crippen LogP contribution is -2.23. The Morgan fingerprint density at radius 3 is 2.37 bits per heavy atom. The van der Waals surface area contributed by atoms with E-state index in [0.29, 0.717) is 16.8 Å². The SMILES string of the molecule is Nc1ccc(C(=O)NCc2cccc(NC(=O)c3ccc(F)cc3)c2)cc1[N+](=O)[O-]. The number of halogens is 1. The first-order chi connectivity index (χ1) is 14.3. The van der Waals surface area contributed by atoms with Crippen molar-refractivity contribution in [3.05, 3.63) is 99.4 Å². The van der Waals surface area contributed by atoms with Crippen LogP contribution in [-0.2, 0) is 6.54 Å². The predicted molar refractivity (Wildman–Crippen MR) is 109 cm³/mol. The summed E-state index contributed by atoms with van der Waals surface area (Å²) in [6.45, 7) is 0.136. The number of hydrogen-bond acceptors (Lipinski definition) is 5. The van der Waals surface area contributed by atoms with Crippen LogP contribution in [0.5, 0.6) is 0 Å². The summed E-state index contributed by atoms with van der Waals surface area (Å²) in [5.41, 5.74) is 6.78. The molecule has 3 aromatic rings. The van der Waals surface area contributed by atoms with E-state index in [1.54, 1.807) is 24.3 Å². The maximum atomic E-state index is 13.0. The van der Waals surface area contributed by atoms with Gasteiger partial charge in [-0.1, -0.05) is 12.1 Å². The van der Waals surface area contributed by atoms with Gasteiger partial charge in [0.05, 0.1) is 4.92 Å². The highest BCUT2D eigenvalue weighted by Crippen LogP contribution is 2.22. The number of carbonyl (C=O) groups is 2. The lowest BCUT2D eigenvalue weighted by molar-refractivity contribution is -0.383. The third-order valence-corrected chi connectivity index (χ3v) is 4.23. The number of nitrogens with one attached hydrogen (secondary N) is 2. The Balaban J connectivity index is 1.65. The van der Waals surface area contributed by atoms with Gasteiger partial charge in [-0.2, -0.15) is 0 Å². The molecule has 8 nitrogen and oxygen atoms in total. The highest BCUT2D eigenvalue weighted by Gasteiger charge is 2.15. The predicted octanol–water partition coefficient (Wildman–Crippen LogP) is 3.50. The van der Waals surface area contributed by atoms with Crippen LogP contribution < -0.4 is 16.4 Å². The second kappa shape index (κ2) is 8.82. The number of nitrogens with zero attached hydrogens (tertiary/aromatic N) is 1. The fourth-order valence-corrected chi connectivity index (χ4v) is 2.69. The van der Waals surface area contributed by atoms with E-state index in [1.807, 2.05) is 0 Å². The minimum absolute atomic E-state index is 0.0267. The van der Waals surface area contributed by atoms with Gasteiger partial charge >= 0.3 is 0 Å². The third kappa shape index (κ3) is 4.96. The fraction of sp³-hybridized carbons (Fsp3) is 0.0476. The zero-order valence-corrected chi connectivity index (χ0v) is 15.6. The fourth-order valence-electron chi connectivity index (χ4n) is 2.69. The van der Waals surface area contributed by atoms with Crippen molar-refractivity contribution in [2.75, 3.05) is 11.1 Å². The number of amides is 2. The average Bonchev–Trinajstić information content (AvgIpc) is 2.73. The smallest absolute Gasteiger partial charge is 0.292 e. The molecule has 30 heavy (non-hydrogen) atoms. The zero-order valence-electron chi connectivity index (χ0n) is 15.6. The number of nitro groups is 1. The molecule has 3 rings (SSSR count). The third-order valence-electron chi connectivity index (χ3n) is 4.23. The molecule has 4 N–H and O–H groups in total. The van der Waals surface area contributed by atoms with Crippen LogP contribution in [-0.4, -0.2) is 16.7 Å². The number of benzene rings is 3. The van der Waals surface area contributed by atoms with Gasteiger partial charge in [-0.15, -0.1) is 0 Å². The van der Waals surface area contributed by atoms with Crippen molar-refractivity contribution in [3.8, 4) is 0 Å². The number of anilines is 2. The van der Waals surface area contributed by atoms with Crippen LogP contribution in [0.4, 0.5) is 21.5 Å². The molecular formula is C21H17FN4O4. The Bertz CT molecular complexity index is 1120. The maximum absolute atomic E-state index is 13.0. The summed E-state index contributed by atoms with van der Waals surface area (Å²) in [5, 5.41) is 16.3. The van der Waals surface area contributed by atoms with Gasteiger partial charge < -0.3 is 16.4 Å². The van der Waals surface area contributed by atoms with Crippen LogP contribution in [0, 0.1) is 15.9 Å². The quantitative estimate of drug-likeness (QED) is 0.327. The van der Waals surface area contributed by atoms with E-state index in [-0.39, 0.29) is 23.5 Å². The monoisotopic (exact) mass is 408 g/mol. The second-order valence-corrected chi connectivity index (χ2v) is 6.37. The molecule has 3 aromatic carbocycles. The van der Waals surface area contributed by atoms with Gasteiger partial charge in [-0.3, -0.25) is 19.7 Å². The first kappa shape index (κ1) is 20.5. The zero-order chi connectivity index (χ0) is 21.7. The lowest BCUT2D eigenvalue weighted by Gasteiger charge is -2.09. The number of rotatable bonds is 6. The first-order valence-electron chi connectivity index (χ1n) is 8.81. The molecule has 0 radical (unpaired) electrons. The van der Waals surface area contributed by atoms with E-state index in [1.165, 1.54) is 36.4 Å². The van der Waals surface area contributed by atoms with Crippen molar-refractivity contribution in [2.24, 2.45) is 0 Å². The van der Waals surface area contributed by atoms with E-state index in [9.17, 15) is 24.1 Å². The topological polar surface area (TPSA) is 127 Å². The Hall–Kier alpha value is -4.27. The Morgan fingerprint density at radius 2 is 1.67 bits per heavy atom. The maximum Gasteiger partial charge on any atom is 0.292 e. The van der Waals surface area contributed by atoms with Gasteiger partial charge in [-0.05, 0) is 54.1 Å². The summed E-state index contributed by atoms with van der Waals surface area (Å²) in [6.07, 6.45) is 0. The summed E-state index contributed by atoms with van der Waals surface area (Å²) >= 11 is 0. The van der Waals surface area contributed by atoms with Crippen LogP contribution in [0.15, 0.2) is 66.7 Å². The largest absolute Gasteiger partial charge is 0.393 e. The molecule has 2 amide bonds. The van der Waals surface area contributed by atoms with Crippen LogP contribution >= 0.6 is 0 Å². The van der Waals surface area contributed by atoms with Gasteiger partial charge in [0, 0.05) is 29.4 Å². The van der Waals surface area contributed by atoms with E-state index < -0.39 is 22.6 Å². The molecular weight excluding hydrogens is 391 g/mol. The highest BCUT2D eigenvalue weighted by atomic mass is 19.1. The number of hydrogen-bond donors (Lipinski definition) is 3. The van der Waals surface area contributed by atoms with Crippen molar-refractivity contribution >= 4 is 28.9 Å². The van der Waals surface area contributed by atoms with Gasteiger partial charge in [-0.25, -0.2) is 4.39 Å². The number of nitrogens with two attached hydrogens (primary N) is 1. The van der Waals surface area contributed by atoms with E-state index in [2.05, 4.69) is 10.6 Å². The number of carbonyl (C=O) groups excluding carboxylic acids is 2. The van der Waals surface area contributed by atoms with Crippen LogP contribution in [0.1, 0.15) is 26.3 Å². The normalized spacial score (nSPS) is 10.3. The van der Waals surface area contributed by atoms with E-state index >= 15 is 0 Å². The molecule has 0 spiro atoms. The molecule has 0 atom stereocenters. The van der Waals surface area contributed by atoms with Crippen LogP contribution in [0.3, 0.4) is 0 Å². The van der Waals surface area contributed by atoms with Crippen molar-refractivity contribution < 1.29 is 18.9 Å².